The molecule has 9 heteroatoms. The number of carbonyl (C=O) groups is 2. The van der Waals surface area contributed by atoms with Crippen LogP contribution in [0.1, 0.15) is 45.0 Å². The second-order valence-corrected chi connectivity index (χ2v) is 10.7. The average Bonchev–Trinajstić information content (AvgIpc) is 2.58. The van der Waals surface area contributed by atoms with Crippen LogP contribution in [0.2, 0.25) is 0 Å². The normalized spacial score (nSPS) is 18.1. The van der Waals surface area contributed by atoms with Crippen LogP contribution in [-0.4, -0.2) is 62.9 Å². The van der Waals surface area contributed by atoms with Crippen molar-refractivity contribution in [3.63, 3.8) is 0 Å². The Hall–Kier alpha value is -2.29. The first kappa shape index (κ1) is 23.0. The van der Waals surface area contributed by atoms with E-state index >= 15 is 0 Å². The van der Waals surface area contributed by atoms with Gasteiger partial charge in [-0.3, -0.25) is 4.79 Å². The van der Waals surface area contributed by atoms with Crippen LogP contribution in [-0.2, 0) is 14.6 Å². The van der Waals surface area contributed by atoms with Gasteiger partial charge in [-0.1, -0.05) is 13.8 Å². The molecule has 2 amide bonds. The van der Waals surface area contributed by atoms with Gasteiger partial charge in [-0.25, -0.2) is 13.2 Å². The summed E-state index contributed by atoms with van der Waals surface area (Å²) in [6.07, 6.45) is 0.701. The minimum atomic E-state index is -3.63. The zero-order valence-corrected chi connectivity index (χ0v) is 18.7. The Balaban J connectivity index is 2.32. The monoisotopic (exact) mass is 425 g/mol. The molecule has 1 aromatic rings. The van der Waals surface area contributed by atoms with Gasteiger partial charge >= 0.3 is 6.09 Å². The van der Waals surface area contributed by atoms with Crippen molar-refractivity contribution in [1.29, 1.82) is 0 Å². The molecule has 1 aliphatic heterocycles. The fourth-order valence-electron chi connectivity index (χ4n) is 3.38. The number of rotatable bonds is 4. The summed E-state index contributed by atoms with van der Waals surface area (Å²) in [7, 11) is -3.63. The fourth-order valence-corrected chi connectivity index (χ4v) is 4.28. The highest BCUT2D eigenvalue weighted by Crippen LogP contribution is 2.28. The largest absolute Gasteiger partial charge is 0.444 e. The molecule has 1 heterocycles. The lowest BCUT2D eigenvalue weighted by molar-refractivity contribution is 0.00882. The van der Waals surface area contributed by atoms with E-state index in [1.165, 1.54) is 12.1 Å². The number of primary amides is 1. The van der Waals surface area contributed by atoms with Gasteiger partial charge in [0.2, 0.25) is 5.91 Å². The molecule has 0 radical (unpaired) electrons. The molecule has 0 bridgehead atoms. The van der Waals surface area contributed by atoms with Crippen LogP contribution in [0.15, 0.2) is 23.1 Å². The third-order valence-electron chi connectivity index (χ3n) is 4.81. The summed E-state index contributed by atoms with van der Waals surface area (Å²) < 4.78 is 29.8. The van der Waals surface area contributed by atoms with Gasteiger partial charge in [-0.2, -0.15) is 0 Å². The number of anilines is 1. The molecule has 8 nitrogen and oxygen atoms in total. The quantitative estimate of drug-likeness (QED) is 0.792. The molecule has 1 aliphatic rings. The van der Waals surface area contributed by atoms with Crippen molar-refractivity contribution >= 4 is 27.5 Å². The zero-order chi connectivity index (χ0) is 22.1. The van der Waals surface area contributed by atoms with E-state index in [1.54, 1.807) is 11.0 Å². The van der Waals surface area contributed by atoms with Crippen LogP contribution in [0.5, 0.6) is 0 Å². The van der Waals surface area contributed by atoms with Gasteiger partial charge in [0.05, 0.1) is 16.5 Å². The average molecular weight is 426 g/mol. The van der Waals surface area contributed by atoms with Gasteiger partial charge in [0, 0.05) is 31.6 Å². The van der Waals surface area contributed by atoms with Gasteiger partial charge in [-0.05, 0) is 44.9 Å². The number of nitrogens with two attached hydrogens (primary N) is 1. The van der Waals surface area contributed by atoms with Gasteiger partial charge in [-0.15, -0.1) is 0 Å². The Bertz CT molecular complexity index is 890. The van der Waals surface area contributed by atoms with Gasteiger partial charge in [0.1, 0.15) is 5.60 Å². The standard InChI is InChI=1S/C20H31N3O5S/c1-13(2)16-12-22(9-10-23(16)19(25)28-20(3,4)5)14-7-8-15(18(21)24)17(11-14)29(6,26)27/h7-8,11,13,16H,9-10,12H2,1-6H3,(H2,21,24). The summed E-state index contributed by atoms with van der Waals surface area (Å²) in [6.45, 7) is 11.0. The lowest BCUT2D eigenvalue weighted by Crippen LogP contribution is -2.58. The van der Waals surface area contributed by atoms with Crippen molar-refractivity contribution in [3.05, 3.63) is 23.8 Å². The topological polar surface area (TPSA) is 110 Å². The van der Waals surface area contributed by atoms with Crippen molar-refractivity contribution in [2.45, 2.75) is 51.2 Å². The van der Waals surface area contributed by atoms with Crippen LogP contribution in [0.4, 0.5) is 10.5 Å². The molecule has 1 fully saturated rings. The first-order valence-corrected chi connectivity index (χ1v) is 11.5. The van der Waals surface area contributed by atoms with Crippen molar-refractivity contribution in [1.82, 2.24) is 4.90 Å². The highest BCUT2D eigenvalue weighted by Gasteiger charge is 2.35. The maximum Gasteiger partial charge on any atom is 0.410 e. The van der Waals surface area contributed by atoms with Crippen LogP contribution in [0.25, 0.3) is 0 Å². The third kappa shape index (κ3) is 5.62. The summed E-state index contributed by atoms with van der Waals surface area (Å²) in [5.74, 6) is -0.614. The fraction of sp³-hybridized carbons (Fsp3) is 0.600. The minimum absolute atomic E-state index is 0.0240. The van der Waals surface area contributed by atoms with Gasteiger partial charge in [0.15, 0.2) is 9.84 Å². The third-order valence-corrected chi connectivity index (χ3v) is 5.95. The molecule has 29 heavy (non-hydrogen) atoms. The molecule has 1 saturated heterocycles. The van der Waals surface area contributed by atoms with E-state index < -0.39 is 21.3 Å². The molecule has 0 spiro atoms. The number of benzene rings is 1. The molecule has 1 aromatic carbocycles. The number of hydrogen-bond donors (Lipinski definition) is 1. The van der Waals surface area contributed by atoms with Crippen LogP contribution < -0.4 is 10.6 Å². The number of piperazine rings is 1. The minimum Gasteiger partial charge on any atom is -0.444 e. The molecule has 2 rings (SSSR count). The molecule has 0 saturated carbocycles. The summed E-state index contributed by atoms with van der Waals surface area (Å²) in [5.41, 5.74) is 5.40. The van der Waals surface area contributed by atoms with E-state index in [2.05, 4.69) is 0 Å². The second-order valence-electron chi connectivity index (χ2n) is 8.75. The Morgan fingerprint density at radius 1 is 1.21 bits per heavy atom. The van der Waals surface area contributed by atoms with E-state index in [0.29, 0.717) is 25.3 Å². The second kappa shape index (κ2) is 8.22. The molecule has 2 N–H and O–H groups in total. The maximum atomic E-state index is 12.6. The Morgan fingerprint density at radius 2 is 1.83 bits per heavy atom. The predicted octanol–water partition coefficient (Wildman–Crippen LogP) is 2.27. The lowest BCUT2D eigenvalue weighted by Gasteiger charge is -2.44. The van der Waals surface area contributed by atoms with E-state index in [0.717, 1.165) is 6.26 Å². The summed E-state index contributed by atoms with van der Waals surface area (Å²) in [4.78, 5) is 27.9. The van der Waals surface area contributed by atoms with E-state index in [1.807, 2.05) is 39.5 Å². The smallest absolute Gasteiger partial charge is 0.410 e. The highest BCUT2D eigenvalue weighted by molar-refractivity contribution is 7.90. The molecular weight excluding hydrogens is 394 g/mol. The first-order valence-electron chi connectivity index (χ1n) is 9.59. The molecule has 1 unspecified atom stereocenters. The van der Waals surface area contributed by atoms with E-state index in [9.17, 15) is 18.0 Å². The van der Waals surface area contributed by atoms with Gasteiger partial charge < -0.3 is 20.3 Å². The lowest BCUT2D eigenvalue weighted by atomic mass is 9.99. The number of sulfone groups is 1. The molecule has 0 aromatic heterocycles. The molecule has 162 valence electrons. The predicted molar refractivity (Wildman–Crippen MR) is 112 cm³/mol. The SMILES string of the molecule is CC(C)C1CN(c2ccc(C(N)=O)c(S(C)(=O)=O)c2)CCN1C(=O)OC(C)(C)C. The van der Waals surface area contributed by atoms with Crippen LogP contribution in [0.3, 0.4) is 0 Å². The molecule has 1 atom stereocenters. The van der Waals surface area contributed by atoms with Crippen LogP contribution >= 0.6 is 0 Å². The van der Waals surface area contributed by atoms with Gasteiger partial charge in [0.25, 0.3) is 0 Å². The zero-order valence-electron chi connectivity index (χ0n) is 17.9. The number of amides is 2. The number of nitrogens with zero attached hydrogens (tertiary/aromatic N) is 2. The summed E-state index contributed by atoms with van der Waals surface area (Å²) in [5, 5.41) is 0. The van der Waals surface area contributed by atoms with E-state index in [-0.39, 0.29) is 28.5 Å². The number of carbonyl (C=O) groups excluding carboxylic acids is 2. The summed E-state index contributed by atoms with van der Waals surface area (Å²) in [6, 6.07) is 4.51. The Labute approximate surface area is 172 Å². The Morgan fingerprint density at radius 3 is 2.31 bits per heavy atom. The van der Waals surface area contributed by atoms with Crippen molar-refractivity contribution in [2.24, 2.45) is 11.7 Å². The first-order chi connectivity index (χ1) is 13.2. The molecule has 0 aliphatic carbocycles. The highest BCUT2D eigenvalue weighted by atomic mass is 32.2. The van der Waals surface area contributed by atoms with E-state index in [4.69, 9.17) is 10.5 Å². The summed E-state index contributed by atoms with van der Waals surface area (Å²) >= 11 is 0. The maximum absolute atomic E-state index is 12.6. The number of ether oxygens (including phenoxy) is 1. The van der Waals surface area contributed by atoms with Crippen molar-refractivity contribution in [3.8, 4) is 0 Å². The van der Waals surface area contributed by atoms with Crippen molar-refractivity contribution in [2.75, 3.05) is 30.8 Å². The Kier molecular flexibility index (Phi) is 6.51. The van der Waals surface area contributed by atoms with Crippen molar-refractivity contribution < 1.29 is 22.7 Å². The number of hydrogen-bond acceptors (Lipinski definition) is 6. The van der Waals surface area contributed by atoms with Crippen LogP contribution in [0, 0.1) is 5.92 Å². The molecular formula is C20H31N3O5S.